The third-order valence-electron chi connectivity index (χ3n) is 6.81. The van der Waals surface area contributed by atoms with Crippen LogP contribution in [0.1, 0.15) is 73.1 Å². The van der Waals surface area contributed by atoms with E-state index < -0.39 is 66.1 Å². The highest BCUT2D eigenvalue weighted by atomic mass is 19.4. The molecule has 240 valence electrons. The van der Waals surface area contributed by atoms with Crippen LogP contribution in [0.15, 0.2) is 54.6 Å². The fraction of sp³-hybridized carbons (Fsp3) is 0.387. The van der Waals surface area contributed by atoms with Gasteiger partial charge in [0, 0.05) is 17.7 Å². The zero-order valence-corrected chi connectivity index (χ0v) is 24.3. The largest absolute Gasteiger partial charge is 0.496 e. The molecule has 1 heterocycles. The number of nitrogens with zero attached hydrogens (tertiary/aromatic N) is 1. The molecule has 0 spiro atoms. The van der Waals surface area contributed by atoms with Crippen LogP contribution in [0.4, 0.5) is 44.3 Å². The van der Waals surface area contributed by atoms with E-state index in [1.807, 2.05) is 27.7 Å². The van der Waals surface area contributed by atoms with E-state index in [2.05, 4.69) is 0 Å². The number of cyclic esters (lactones) is 1. The second-order valence-corrected chi connectivity index (χ2v) is 10.1. The lowest BCUT2D eigenvalue weighted by Gasteiger charge is -2.20. The van der Waals surface area contributed by atoms with Gasteiger partial charge in [0.1, 0.15) is 11.9 Å². The lowest BCUT2D eigenvalue weighted by atomic mass is 9.90. The van der Waals surface area contributed by atoms with Crippen molar-refractivity contribution in [3.8, 4) is 16.9 Å². The van der Waals surface area contributed by atoms with Gasteiger partial charge in [0.15, 0.2) is 0 Å². The van der Waals surface area contributed by atoms with Crippen molar-refractivity contribution in [2.45, 2.75) is 64.8 Å². The fourth-order valence-corrected chi connectivity index (χ4v) is 4.68. The molecule has 4 nitrogen and oxygen atoms in total. The standard InChI is InChI=1S/C29H24F9NO3.C2H6/c1-15(2)17-4-7-24(41-3)22(10-17)21-6-5-18(27(30,31)32)12-23(21)25-14-39(26(40)42-25)13-16-8-19(28(33,34)35)11-20(9-16)29(36,37)38;1-2/h4-12,15,25H,13-14H2,1-3H3;1-2H3. The van der Waals surface area contributed by atoms with Gasteiger partial charge in [-0.05, 0) is 65.1 Å². The predicted molar refractivity (Wildman–Crippen MR) is 145 cm³/mol. The van der Waals surface area contributed by atoms with E-state index in [0.29, 0.717) is 23.4 Å². The number of ether oxygens (including phenoxy) is 2. The minimum absolute atomic E-state index is 0.0395. The molecule has 4 rings (SSSR count). The summed E-state index contributed by atoms with van der Waals surface area (Å²) in [6, 6.07) is 8.96. The molecule has 13 heteroatoms. The van der Waals surface area contributed by atoms with Crippen LogP contribution >= 0.6 is 0 Å². The van der Waals surface area contributed by atoms with Gasteiger partial charge in [-0.25, -0.2) is 4.79 Å². The third-order valence-corrected chi connectivity index (χ3v) is 6.81. The Hall–Kier alpha value is -3.90. The van der Waals surface area contributed by atoms with Crippen molar-refractivity contribution in [1.29, 1.82) is 0 Å². The van der Waals surface area contributed by atoms with E-state index in [4.69, 9.17) is 9.47 Å². The number of methoxy groups -OCH3 is 1. The minimum atomic E-state index is -5.10. The fourth-order valence-electron chi connectivity index (χ4n) is 4.68. The van der Waals surface area contributed by atoms with Crippen LogP contribution in [0, 0.1) is 0 Å². The molecule has 0 aliphatic carbocycles. The maximum Gasteiger partial charge on any atom is 0.416 e. The maximum atomic E-state index is 13.7. The van der Waals surface area contributed by atoms with Crippen molar-refractivity contribution < 1.29 is 53.8 Å². The summed E-state index contributed by atoms with van der Waals surface area (Å²) in [4.78, 5) is 13.6. The van der Waals surface area contributed by atoms with Crippen molar-refractivity contribution in [3.05, 3.63) is 88.0 Å². The van der Waals surface area contributed by atoms with E-state index in [0.717, 1.165) is 22.6 Å². The van der Waals surface area contributed by atoms with Crippen molar-refractivity contribution >= 4 is 6.09 Å². The Morgan fingerprint density at radius 3 is 1.86 bits per heavy atom. The van der Waals surface area contributed by atoms with Gasteiger partial charge in [-0.1, -0.05) is 39.8 Å². The summed E-state index contributed by atoms with van der Waals surface area (Å²) in [6.07, 6.45) is -17.4. The van der Waals surface area contributed by atoms with Gasteiger partial charge in [-0.3, -0.25) is 4.90 Å². The van der Waals surface area contributed by atoms with Crippen molar-refractivity contribution in [3.63, 3.8) is 0 Å². The lowest BCUT2D eigenvalue weighted by molar-refractivity contribution is -0.143. The number of alkyl halides is 9. The van der Waals surface area contributed by atoms with Crippen LogP contribution in [0.5, 0.6) is 5.75 Å². The van der Waals surface area contributed by atoms with Gasteiger partial charge in [-0.15, -0.1) is 0 Å². The zero-order valence-electron chi connectivity index (χ0n) is 24.3. The van der Waals surface area contributed by atoms with Crippen molar-refractivity contribution in [2.75, 3.05) is 13.7 Å². The third kappa shape index (κ3) is 7.78. The van der Waals surface area contributed by atoms with Gasteiger partial charge in [0.25, 0.3) is 0 Å². The van der Waals surface area contributed by atoms with E-state index in [-0.39, 0.29) is 23.1 Å². The molecule has 0 N–H and O–H groups in total. The first kappa shape index (κ1) is 34.6. The summed E-state index contributed by atoms with van der Waals surface area (Å²) in [5.41, 5.74) is -3.20. The van der Waals surface area contributed by atoms with Crippen LogP contribution in [0.3, 0.4) is 0 Å². The molecule has 0 bridgehead atoms. The molecule has 3 aromatic carbocycles. The lowest BCUT2D eigenvalue weighted by Crippen LogP contribution is -2.24. The molecule has 0 aromatic heterocycles. The Kier molecular flexibility index (Phi) is 10.2. The van der Waals surface area contributed by atoms with Gasteiger partial charge < -0.3 is 9.47 Å². The number of rotatable bonds is 6. The number of hydrogen-bond donors (Lipinski definition) is 0. The van der Waals surface area contributed by atoms with E-state index in [9.17, 15) is 44.3 Å². The van der Waals surface area contributed by atoms with Crippen LogP contribution in [-0.2, 0) is 29.8 Å². The number of benzene rings is 3. The molecular formula is C31H30F9NO3. The Balaban J connectivity index is 0.00000259. The number of halogens is 9. The summed E-state index contributed by atoms with van der Waals surface area (Å²) in [5.74, 6) is 0.367. The second-order valence-electron chi connectivity index (χ2n) is 10.1. The molecule has 3 aromatic rings. The molecule has 0 saturated carbocycles. The van der Waals surface area contributed by atoms with Crippen LogP contribution < -0.4 is 4.74 Å². The second kappa shape index (κ2) is 13.0. The molecule has 1 saturated heterocycles. The summed E-state index contributed by atoms with van der Waals surface area (Å²) < 4.78 is 132. The zero-order chi connectivity index (χ0) is 33.2. The quantitative estimate of drug-likeness (QED) is 0.253. The number of hydrogen-bond acceptors (Lipinski definition) is 3. The Labute approximate surface area is 248 Å². The molecule has 1 fully saturated rings. The smallest absolute Gasteiger partial charge is 0.416 e. The average Bonchev–Trinajstić information content (AvgIpc) is 3.31. The SMILES string of the molecule is CC.COc1ccc(C(C)C)cc1-c1ccc(C(F)(F)F)cc1C1CN(Cc2cc(C(F)(F)F)cc(C(F)(F)F)c2)C(=O)O1. The van der Waals surface area contributed by atoms with Gasteiger partial charge in [0.05, 0.1) is 30.3 Å². The summed E-state index contributed by atoms with van der Waals surface area (Å²) in [7, 11) is 1.37. The Morgan fingerprint density at radius 2 is 1.36 bits per heavy atom. The summed E-state index contributed by atoms with van der Waals surface area (Å²) >= 11 is 0. The molecule has 1 unspecified atom stereocenters. The van der Waals surface area contributed by atoms with E-state index in [1.165, 1.54) is 13.2 Å². The van der Waals surface area contributed by atoms with Gasteiger partial charge in [0.2, 0.25) is 0 Å². The number of amides is 1. The van der Waals surface area contributed by atoms with Gasteiger partial charge in [-0.2, -0.15) is 39.5 Å². The molecular weight excluding hydrogens is 605 g/mol. The first-order valence-corrected chi connectivity index (χ1v) is 13.5. The van der Waals surface area contributed by atoms with E-state index >= 15 is 0 Å². The predicted octanol–water partition coefficient (Wildman–Crippen LogP) is 10.3. The molecule has 1 aliphatic heterocycles. The number of carbonyl (C=O) groups excluding carboxylic acids is 1. The van der Waals surface area contributed by atoms with Crippen molar-refractivity contribution in [1.82, 2.24) is 4.90 Å². The molecule has 0 radical (unpaired) electrons. The first-order valence-electron chi connectivity index (χ1n) is 13.5. The highest BCUT2D eigenvalue weighted by Gasteiger charge is 2.40. The van der Waals surface area contributed by atoms with Crippen LogP contribution in [-0.4, -0.2) is 24.6 Å². The average molecular weight is 636 g/mol. The highest BCUT2D eigenvalue weighted by molar-refractivity contribution is 5.77. The molecule has 1 amide bonds. The number of carbonyl (C=O) groups is 1. The Bertz CT molecular complexity index is 1450. The topological polar surface area (TPSA) is 38.8 Å². The van der Waals surface area contributed by atoms with E-state index in [1.54, 1.807) is 18.2 Å². The first-order chi connectivity index (χ1) is 20.4. The minimum Gasteiger partial charge on any atom is -0.496 e. The normalized spacial score (nSPS) is 15.7. The van der Waals surface area contributed by atoms with Crippen LogP contribution in [0.25, 0.3) is 11.1 Å². The van der Waals surface area contributed by atoms with Crippen LogP contribution in [0.2, 0.25) is 0 Å². The van der Waals surface area contributed by atoms with Gasteiger partial charge >= 0.3 is 24.6 Å². The maximum absolute atomic E-state index is 13.7. The molecule has 44 heavy (non-hydrogen) atoms. The highest BCUT2D eigenvalue weighted by Crippen LogP contribution is 2.43. The monoisotopic (exact) mass is 635 g/mol. The summed E-state index contributed by atoms with van der Waals surface area (Å²) in [5, 5.41) is 0. The Morgan fingerprint density at radius 1 is 0.795 bits per heavy atom. The molecule has 1 aliphatic rings. The molecule has 1 atom stereocenters. The van der Waals surface area contributed by atoms with Crippen molar-refractivity contribution in [2.24, 2.45) is 0 Å². The summed E-state index contributed by atoms with van der Waals surface area (Å²) in [6.45, 7) is 6.68.